The standard InChI is InChI=1S/C18H18N4O/c1-11-14(4-3-8-20-11)16-15-10-13(12-5-6-12)7-9-22(15)18(19-2)21-17(16)23/h3-4,7-10,12H,5-6H2,1-2H3,(H,19,21,23). The lowest BCUT2D eigenvalue weighted by atomic mass is 10.0. The van der Waals surface area contributed by atoms with E-state index in [4.69, 9.17) is 0 Å². The molecule has 3 aromatic rings. The number of pyridine rings is 2. The Kier molecular flexibility index (Phi) is 3.15. The largest absolute Gasteiger partial charge is 0.358 e. The van der Waals surface area contributed by atoms with Crippen LogP contribution < -0.4 is 10.9 Å². The van der Waals surface area contributed by atoms with E-state index in [9.17, 15) is 4.79 Å². The number of aromatic nitrogens is 3. The lowest BCUT2D eigenvalue weighted by Gasteiger charge is -2.14. The Hall–Kier alpha value is -2.69. The van der Waals surface area contributed by atoms with Crippen molar-refractivity contribution in [1.29, 1.82) is 0 Å². The second-order valence-electron chi connectivity index (χ2n) is 5.99. The van der Waals surface area contributed by atoms with Gasteiger partial charge < -0.3 is 5.32 Å². The fourth-order valence-electron chi connectivity index (χ4n) is 3.06. The summed E-state index contributed by atoms with van der Waals surface area (Å²) in [4.78, 5) is 21.2. The van der Waals surface area contributed by atoms with Gasteiger partial charge in [-0.2, -0.15) is 4.98 Å². The number of nitrogens with zero attached hydrogens (tertiary/aromatic N) is 3. The summed E-state index contributed by atoms with van der Waals surface area (Å²) < 4.78 is 1.94. The molecule has 1 saturated carbocycles. The van der Waals surface area contributed by atoms with Crippen LogP contribution in [0.1, 0.15) is 30.0 Å². The molecule has 0 atom stereocenters. The van der Waals surface area contributed by atoms with Gasteiger partial charge in [0.05, 0.1) is 11.1 Å². The molecule has 3 heterocycles. The third kappa shape index (κ3) is 2.29. The van der Waals surface area contributed by atoms with Gasteiger partial charge >= 0.3 is 0 Å². The molecule has 0 aliphatic heterocycles. The van der Waals surface area contributed by atoms with E-state index < -0.39 is 0 Å². The average Bonchev–Trinajstić information content (AvgIpc) is 3.40. The Bertz CT molecular complexity index is 957. The topological polar surface area (TPSA) is 59.3 Å². The lowest BCUT2D eigenvalue weighted by Crippen LogP contribution is -2.17. The predicted octanol–water partition coefficient (Wildman–Crippen LogP) is 2.98. The summed E-state index contributed by atoms with van der Waals surface area (Å²) in [6.07, 6.45) is 6.19. The Labute approximate surface area is 134 Å². The zero-order chi connectivity index (χ0) is 16.0. The molecule has 4 rings (SSSR count). The first kappa shape index (κ1) is 13.9. The number of nitrogens with one attached hydrogen (secondary N) is 1. The molecule has 3 aromatic heterocycles. The second-order valence-corrected chi connectivity index (χ2v) is 5.99. The van der Waals surface area contributed by atoms with Crippen LogP contribution in [0.15, 0.2) is 41.5 Å². The normalized spacial score (nSPS) is 14.2. The van der Waals surface area contributed by atoms with E-state index in [0.29, 0.717) is 17.4 Å². The van der Waals surface area contributed by atoms with Gasteiger partial charge in [0.1, 0.15) is 0 Å². The van der Waals surface area contributed by atoms with Gasteiger partial charge in [0.15, 0.2) is 0 Å². The third-order valence-corrected chi connectivity index (χ3v) is 4.43. The molecule has 1 aliphatic rings. The third-order valence-electron chi connectivity index (χ3n) is 4.43. The maximum absolute atomic E-state index is 12.7. The van der Waals surface area contributed by atoms with Gasteiger partial charge in [0, 0.05) is 30.7 Å². The van der Waals surface area contributed by atoms with Crippen molar-refractivity contribution >= 4 is 11.5 Å². The number of anilines is 1. The quantitative estimate of drug-likeness (QED) is 0.808. The van der Waals surface area contributed by atoms with Gasteiger partial charge in [0.2, 0.25) is 5.95 Å². The SMILES string of the molecule is CNc1nc(=O)c(-c2cccnc2C)c2cc(C3CC3)ccn12. The fourth-order valence-corrected chi connectivity index (χ4v) is 3.06. The van der Waals surface area contributed by atoms with Gasteiger partial charge in [-0.25, -0.2) is 0 Å². The molecule has 5 nitrogen and oxygen atoms in total. The van der Waals surface area contributed by atoms with Crippen LogP contribution in [-0.4, -0.2) is 21.4 Å². The number of hydrogen-bond donors (Lipinski definition) is 1. The van der Waals surface area contributed by atoms with Crippen LogP contribution in [0.2, 0.25) is 0 Å². The van der Waals surface area contributed by atoms with E-state index in [2.05, 4.69) is 27.4 Å². The van der Waals surface area contributed by atoms with Gasteiger partial charge in [-0.15, -0.1) is 0 Å². The number of aryl methyl sites for hydroxylation is 1. The van der Waals surface area contributed by atoms with E-state index in [1.807, 2.05) is 29.7 Å². The highest BCUT2D eigenvalue weighted by Gasteiger charge is 2.25. The molecule has 0 aromatic carbocycles. The van der Waals surface area contributed by atoms with E-state index in [1.165, 1.54) is 18.4 Å². The summed E-state index contributed by atoms with van der Waals surface area (Å²) >= 11 is 0. The molecular weight excluding hydrogens is 288 g/mol. The van der Waals surface area contributed by atoms with E-state index in [1.54, 1.807) is 13.2 Å². The van der Waals surface area contributed by atoms with Crippen LogP contribution in [0, 0.1) is 6.92 Å². The molecule has 0 amide bonds. The van der Waals surface area contributed by atoms with Crippen molar-refractivity contribution in [3.05, 3.63) is 58.3 Å². The maximum Gasteiger partial charge on any atom is 0.283 e. The number of hydrogen-bond acceptors (Lipinski definition) is 4. The minimum absolute atomic E-state index is 0.224. The van der Waals surface area contributed by atoms with E-state index in [0.717, 1.165) is 16.8 Å². The van der Waals surface area contributed by atoms with Crippen molar-refractivity contribution in [3.8, 4) is 11.1 Å². The minimum Gasteiger partial charge on any atom is -0.358 e. The molecule has 5 heteroatoms. The molecule has 0 spiro atoms. The summed E-state index contributed by atoms with van der Waals surface area (Å²) in [5.41, 5.74) is 4.26. The van der Waals surface area contributed by atoms with Crippen molar-refractivity contribution in [3.63, 3.8) is 0 Å². The Morgan fingerprint density at radius 1 is 1.30 bits per heavy atom. The van der Waals surface area contributed by atoms with Crippen LogP contribution in [0.3, 0.4) is 0 Å². The van der Waals surface area contributed by atoms with Crippen LogP contribution in [0.4, 0.5) is 5.95 Å². The van der Waals surface area contributed by atoms with Gasteiger partial charge in [-0.3, -0.25) is 14.2 Å². The number of rotatable bonds is 3. The van der Waals surface area contributed by atoms with Crippen LogP contribution in [0.25, 0.3) is 16.6 Å². The molecule has 23 heavy (non-hydrogen) atoms. The van der Waals surface area contributed by atoms with Crippen molar-refractivity contribution in [2.75, 3.05) is 12.4 Å². The molecular formula is C18H18N4O. The molecule has 1 fully saturated rings. The first-order chi connectivity index (χ1) is 11.2. The maximum atomic E-state index is 12.7. The first-order valence-corrected chi connectivity index (χ1v) is 7.85. The highest BCUT2D eigenvalue weighted by atomic mass is 16.1. The van der Waals surface area contributed by atoms with Gasteiger partial charge in [0.25, 0.3) is 5.56 Å². The second kappa shape index (κ2) is 5.19. The summed E-state index contributed by atoms with van der Waals surface area (Å²) in [7, 11) is 1.78. The molecule has 0 radical (unpaired) electrons. The zero-order valence-electron chi connectivity index (χ0n) is 13.2. The predicted molar refractivity (Wildman–Crippen MR) is 91.0 cm³/mol. The Balaban J connectivity index is 2.09. The van der Waals surface area contributed by atoms with Crippen molar-refractivity contribution in [2.45, 2.75) is 25.7 Å². The fraction of sp³-hybridized carbons (Fsp3) is 0.278. The minimum atomic E-state index is -0.224. The first-order valence-electron chi connectivity index (χ1n) is 7.85. The van der Waals surface area contributed by atoms with E-state index >= 15 is 0 Å². The molecule has 0 bridgehead atoms. The summed E-state index contributed by atoms with van der Waals surface area (Å²) in [5.74, 6) is 1.18. The molecule has 0 unspecified atom stereocenters. The van der Waals surface area contributed by atoms with Crippen LogP contribution in [0.5, 0.6) is 0 Å². The number of fused-ring (bicyclic) bond motifs is 1. The van der Waals surface area contributed by atoms with Crippen LogP contribution in [-0.2, 0) is 0 Å². The lowest BCUT2D eigenvalue weighted by molar-refractivity contribution is 1.02. The highest BCUT2D eigenvalue weighted by molar-refractivity contribution is 5.82. The zero-order valence-corrected chi connectivity index (χ0v) is 13.2. The molecule has 1 aliphatic carbocycles. The highest BCUT2D eigenvalue weighted by Crippen LogP contribution is 2.41. The van der Waals surface area contributed by atoms with Gasteiger partial charge in [-0.1, -0.05) is 6.07 Å². The monoisotopic (exact) mass is 306 g/mol. The molecule has 116 valence electrons. The van der Waals surface area contributed by atoms with Crippen molar-refractivity contribution in [1.82, 2.24) is 14.4 Å². The summed E-state index contributed by atoms with van der Waals surface area (Å²) in [6.45, 7) is 1.92. The van der Waals surface area contributed by atoms with E-state index in [-0.39, 0.29) is 5.56 Å². The van der Waals surface area contributed by atoms with Crippen molar-refractivity contribution in [2.24, 2.45) is 0 Å². The average molecular weight is 306 g/mol. The smallest absolute Gasteiger partial charge is 0.283 e. The molecule has 0 saturated heterocycles. The van der Waals surface area contributed by atoms with Gasteiger partial charge in [-0.05, 0) is 49.4 Å². The Morgan fingerprint density at radius 2 is 2.13 bits per heavy atom. The molecule has 1 N–H and O–H groups in total. The van der Waals surface area contributed by atoms with Crippen LogP contribution >= 0.6 is 0 Å². The Morgan fingerprint density at radius 3 is 2.83 bits per heavy atom. The summed E-state index contributed by atoms with van der Waals surface area (Å²) in [5, 5.41) is 3.00. The van der Waals surface area contributed by atoms with Crippen molar-refractivity contribution < 1.29 is 0 Å². The summed E-state index contributed by atoms with van der Waals surface area (Å²) in [6, 6.07) is 8.04.